The van der Waals surface area contributed by atoms with E-state index >= 15 is 0 Å². The summed E-state index contributed by atoms with van der Waals surface area (Å²) in [5, 5.41) is 12.5. The highest BCUT2D eigenvalue weighted by molar-refractivity contribution is 5.92. The van der Waals surface area contributed by atoms with E-state index in [0.717, 1.165) is 18.8 Å². The van der Waals surface area contributed by atoms with Crippen LogP contribution in [0.1, 0.15) is 31.4 Å². The second-order valence-electron chi connectivity index (χ2n) is 8.25. The Morgan fingerprint density at radius 3 is 2.47 bits per heavy atom. The summed E-state index contributed by atoms with van der Waals surface area (Å²) in [6, 6.07) is 13.7. The minimum absolute atomic E-state index is 0.0351. The van der Waals surface area contributed by atoms with Gasteiger partial charge in [-0.05, 0) is 62.1 Å². The Labute approximate surface area is 186 Å². The van der Waals surface area contributed by atoms with E-state index in [4.69, 9.17) is 8.83 Å². The predicted molar refractivity (Wildman–Crippen MR) is 120 cm³/mol. The van der Waals surface area contributed by atoms with Crippen molar-refractivity contribution in [2.24, 2.45) is 5.92 Å². The van der Waals surface area contributed by atoms with Crippen LogP contribution in [0.5, 0.6) is 0 Å². The number of piperidine rings is 1. The first-order chi connectivity index (χ1) is 15.7. The molecule has 0 radical (unpaired) electrons. The monoisotopic (exact) mass is 431 g/mol. The first-order valence-corrected chi connectivity index (χ1v) is 11.1. The standard InChI is InChI=1S/C24H25N5O3/c25-16-20-24(32-23(27-20)21-4-3-15-31-21)29-13-9-17(10-14-29)22(30)26-18-5-7-19(8-6-18)28-11-1-2-12-28/h3-8,15,17H,1-2,9-14H2,(H,26,30). The van der Waals surface area contributed by atoms with Crippen LogP contribution in [0.4, 0.5) is 17.3 Å². The predicted octanol–water partition coefficient (Wildman–Crippen LogP) is 4.26. The molecule has 0 aliphatic carbocycles. The first-order valence-electron chi connectivity index (χ1n) is 11.1. The minimum Gasteiger partial charge on any atom is -0.459 e. The SMILES string of the molecule is N#Cc1nc(-c2ccco2)oc1N1CCC(C(=O)Nc2ccc(N3CCCC3)cc2)CC1. The maximum absolute atomic E-state index is 12.8. The van der Waals surface area contributed by atoms with E-state index in [0.29, 0.717) is 43.5 Å². The van der Waals surface area contributed by atoms with Crippen molar-refractivity contribution in [1.29, 1.82) is 5.26 Å². The van der Waals surface area contributed by atoms with Crippen molar-refractivity contribution in [3.8, 4) is 17.7 Å². The third-order valence-electron chi connectivity index (χ3n) is 6.21. The zero-order valence-electron chi connectivity index (χ0n) is 17.8. The Balaban J connectivity index is 1.19. The molecule has 2 saturated heterocycles. The highest BCUT2D eigenvalue weighted by Gasteiger charge is 2.29. The smallest absolute Gasteiger partial charge is 0.266 e. The molecule has 2 fully saturated rings. The van der Waals surface area contributed by atoms with Gasteiger partial charge in [-0.3, -0.25) is 4.79 Å². The number of carbonyl (C=O) groups is 1. The van der Waals surface area contributed by atoms with Crippen LogP contribution < -0.4 is 15.1 Å². The maximum Gasteiger partial charge on any atom is 0.266 e. The van der Waals surface area contributed by atoms with E-state index in [-0.39, 0.29) is 17.5 Å². The number of aromatic nitrogens is 1. The average Bonchev–Trinajstić information content (AvgIpc) is 3.61. The van der Waals surface area contributed by atoms with Crippen LogP contribution in [0.2, 0.25) is 0 Å². The number of hydrogen-bond acceptors (Lipinski definition) is 7. The average molecular weight is 431 g/mol. The van der Waals surface area contributed by atoms with Gasteiger partial charge in [0.2, 0.25) is 17.5 Å². The van der Waals surface area contributed by atoms with Crippen molar-refractivity contribution in [2.75, 3.05) is 41.3 Å². The molecule has 3 aromatic rings. The molecule has 2 aliphatic heterocycles. The summed E-state index contributed by atoms with van der Waals surface area (Å²) in [5.74, 6) is 1.17. The van der Waals surface area contributed by atoms with Gasteiger partial charge in [-0.1, -0.05) is 0 Å². The van der Waals surface area contributed by atoms with Crippen LogP contribution >= 0.6 is 0 Å². The van der Waals surface area contributed by atoms with Crippen LogP contribution in [0.15, 0.2) is 51.5 Å². The Morgan fingerprint density at radius 1 is 1.06 bits per heavy atom. The lowest BCUT2D eigenvalue weighted by molar-refractivity contribution is -0.120. The minimum atomic E-state index is -0.0810. The number of anilines is 3. The number of hydrogen-bond donors (Lipinski definition) is 1. The Morgan fingerprint density at radius 2 is 1.81 bits per heavy atom. The van der Waals surface area contributed by atoms with Crippen LogP contribution in [0.3, 0.4) is 0 Å². The number of rotatable bonds is 5. The van der Waals surface area contributed by atoms with Crippen molar-refractivity contribution >= 4 is 23.2 Å². The van der Waals surface area contributed by atoms with Gasteiger partial charge in [-0.15, -0.1) is 0 Å². The molecule has 164 valence electrons. The fourth-order valence-electron chi connectivity index (χ4n) is 4.42. The van der Waals surface area contributed by atoms with Crippen LogP contribution in [0, 0.1) is 17.2 Å². The van der Waals surface area contributed by atoms with Crippen molar-refractivity contribution in [2.45, 2.75) is 25.7 Å². The van der Waals surface area contributed by atoms with Crippen molar-refractivity contribution in [3.05, 3.63) is 48.4 Å². The number of nitrogens with zero attached hydrogens (tertiary/aromatic N) is 4. The first kappa shape index (κ1) is 20.2. The van der Waals surface area contributed by atoms with Gasteiger partial charge in [0.1, 0.15) is 6.07 Å². The van der Waals surface area contributed by atoms with Gasteiger partial charge in [-0.2, -0.15) is 10.2 Å². The molecule has 4 heterocycles. The highest BCUT2D eigenvalue weighted by Crippen LogP contribution is 2.31. The second kappa shape index (κ2) is 8.79. The lowest BCUT2D eigenvalue weighted by Gasteiger charge is -2.31. The van der Waals surface area contributed by atoms with E-state index in [9.17, 15) is 10.1 Å². The van der Waals surface area contributed by atoms with Crippen LogP contribution in [-0.2, 0) is 4.79 Å². The molecule has 1 N–H and O–H groups in total. The quantitative estimate of drug-likeness (QED) is 0.644. The zero-order chi connectivity index (χ0) is 21.9. The van der Waals surface area contributed by atoms with Crippen molar-refractivity contribution < 1.29 is 13.6 Å². The van der Waals surface area contributed by atoms with E-state index in [1.165, 1.54) is 24.8 Å². The molecule has 8 heteroatoms. The van der Waals surface area contributed by atoms with E-state index in [1.807, 2.05) is 17.0 Å². The number of benzene rings is 1. The molecular formula is C24H25N5O3. The molecule has 0 bridgehead atoms. The van der Waals surface area contributed by atoms with Gasteiger partial charge in [-0.25, -0.2) is 0 Å². The summed E-state index contributed by atoms with van der Waals surface area (Å²) in [4.78, 5) is 21.4. The number of oxazole rings is 1. The maximum atomic E-state index is 12.8. The summed E-state index contributed by atoms with van der Waals surface area (Å²) in [6.45, 7) is 3.44. The molecule has 1 amide bonds. The summed E-state index contributed by atoms with van der Waals surface area (Å²) in [5.41, 5.74) is 2.27. The number of nitriles is 1. The zero-order valence-corrected chi connectivity index (χ0v) is 17.8. The number of furan rings is 1. The Hall–Kier alpha value is -3.73. The summed E-state index contributed by atoms with van der Waals surface area (Å²) in [6.07, 6.45) is 5.38. The third-order valence-corrected chi connectivity index (χ3v) is 6.21. The Kier molecular flexibility index (Phi) is 5.55. The van der Waals surface area contributed by atoms with Gasteiger partial charge in [0.05, 0.1) is 6.26 Å². The molecule has 0 saturated carbocycles. The Bertz CT molecular complexity index is 1100. The third kappa shape index (κ3) is 4.06. The molecule has 2 aromatic heterocycles. The second-order valence-corrected chi connectivity index (χ2v) is 8.25. The number of carbonyl (C=O) groups excluding carboxylic acids is 1. The molecule has 8 nitrogen and oxygen atoms in total. The lowest BCUT2D eigenvalue weighted by atomic mass is 9.96. The molecule has 1 aromatic carbocycles. The molecule has 5 rings (SSSR count). The molecule has 32 heavy (non-hydrogen) atoms. The molecule has 0 atom stereocenters. The fourth-order valence-corrected chi connectivity index (χ4v) is 4.42. The summed E-state index contributed by atoms with van der Waals surface area (Å²) >= 11 is 0. The van der Waals surface area contributed by atoms with Crippen molar-refractivity contribution in [3.63, 3.8) is 0 Å². The molecule has 0 unspecified atom stereocenters. The molecular weight excluding hydrogens is 406 g/mol. The normalized spacial score (nSPS) is 16.8. The van der Waals surface area contributed by atoms with Crippen LogP contribution in [0.25, 0.3) is 11.7 Å². The summed E-state index contributed by atoms with van der Waals surface area (Å²) in [7, 11) is 0. The van der Waals surface area contributed by atoms with Gasteiger partial charge in [0.15, 0.2) is 5.76 Å². The van der Waals surface area contributed by atoms with E-state index < -0.39 is 0 Å². The van der Waals surface area contributed by atoms with E-state index in [1.54, 1.807) is 12.1 Å². The highest BCUT2D eigenvalue weighted by atomic mass is 16.4. The summed E-state index contributed by atoms with van der Waals surface area (Å²) < 4.78 is 11.1. The van der Waals surface area contributed by atoms with Gasteiger partial charge in [0.25, 0.3) is 5.89 Å². The van der Waals surface area contributed by atoms with Gasteiger partial charge >= 0.3 is 0 Å². The topological polar surface area (TPSA) is 98.5 Å². The number of amides is 1. The van der Waals surface area contributed by atoms with Crippen molar-refractivity contribution in [1.82, 2.24) is 4.98 Å². The van der Waals surface area contributed by atoms with Crippen LogP contribution in [-0.4, -0.2) is 37.1 Å². The van der Waals surface area contributed by atoms with E-state index in [2.05, 4.69) is 33.4 Å². The number of nitrogens with one attached hydrogen (secondary N) is 1. The molecule has 0 spiro atoms. The molecule has 2 aliphatic rings. The lowest BCUT2D eigenvalue weighted by Crippen LogP contribution is -2.38. The fraction of sp³-hybridized carbons (Fsp3) is 0.375. The van der Waals surface area contributed by atoms with Gasteiger partial charge in [0, 0.05) is 43.5 Å². The largest absolute Gasteiger partial charge is 0.459 e. The van der Waals surface area contributed by atoms with Gasteiger partial charge < -0.3 is 24.0 Å².